The average Bonchev–Trinajstić information content (AvgIpc) is 1.89. The molecule has 0 saturated heterocycles. The molecule has 0 aromatic heterocycles. The zero-order valence-electron chi connectivity index (χ0n) is 5.63. The van der Waals surface area contributed by atoms with E-state index >= 15 is 0 Å². The first-order chi connectivity index (χ1) is 4.41. The summed E-state index contributed by atoms with van der Waals surface area (Å²) < 4.78 is 0. The van der Waals surface area contributed by atoms with E-state index in [0.29, 0.717) is 0 Å². The van der Waals surface area contributed by atoms with E-state index in [0.717, 1.165) is 5.75 Å². The number of hydrogen-bond acceptors (Lipinski definition) is 3. The lowest BCUT2D eigenvalue weighted by atomic mass is 10.6. The van der Waals surface area contributed by atoms with Gasteiger partial charge in [-0.2, -0.15) is 0 Å². The Morgan fingerprint density at radius 3 is 2.78 bits per heavy atom. The third kappa shape index (κ3) is 8.79. The highest BCUT2D eigenvalue weighted by atomic mass is 33.5. The molecular weight excluding hydrogens is 168 g/mol. The summed E-state index contributed by atoms with van der Waals surface area (Å²) in [5.74, 6) is 2.32. The Kier molecular flexibility index (Phi) is 9.56. The molecule has 0 radical (unpaired) electrons. The Hall–Kier alpha value is 0.790. The van der Waals surface area contributed by atoms with Crippen LogP contribution in [-0.2, 0) is 0 Å². The Morgan fingerprint density at radius 1 is 1.44 bits per heavy atom. The van der Waals surface area contributed by atoms with Crippen LogP contribution in [0.2, 0.25) is 0 Å². The van der Waals surface area contributed by atoms with Crippen molar-refractivity contribution in [2.75, 3.05) is 11.5 Å². The van der Waals surface area contributed by atoms with Gasteiger partial charge >= 0.3 is 0 Å². The van der Waals surface area contributed by atoms with E-state index in [1.54, 1.807) is 0 Å². The normalized spacial score (nSPS) is 9.44. The summed E-state index contributed by atoms with van der Waals surface area (Å²) >= 11 is 0. The third-order valence-electron chi connectivity index (χ3n) is 0.570. The first kappa shape index (κ1) is 9.79. The summed E-state index contributed by atoms with van der Waals surface area (Å²) in [5, 5.41) is 0. The molecule has 0 aliphatic rings. The van der Waals surface area contributed by atoms with Gasteiger partial charge in [0.2, 0.25) is 0 Å². The third-order valence-corrected chi connectivity index (χ3v) is 4.93. The van der Waals surface area contributed by atoms with E-state index in [1.807, 2.05) is 37.5 Å². The molecule has 0 saturated carbocycles. The fourth-order valence-electron chi connectivity index (χ4n) is 0.227. The van der Waals surface area contributed by atoms with Crippen LogP contribution < -0.4 is 0 Å². The maximum Gasteiger partial charge on any atom is 0.0223 e. The predicted molar refractivity (Wildman–Crippen MR) is 53.0 cm³/mol. The van der Waals surface area contributed by atoms with Crippen LogP contribution in [0.25, 0.3) is 0 Å². The molecule has 0 aromatic rings. The first-order valence-corrected chi connectivity index (χ1v) is 6.76. The van der Waals surface area contributed by atoms with E-state index in [-0.39, 0.29) is 0 Å². The Bertz CT molecular complexity index is 63.3. The van der Waals surface area contributed by atoms with Gasteiger partial charge in [-0.1, -0.05) is 34.6 Å². The number of rotatable bonds is 6. The summed E-state index contributed by atoms with van der Waals surface area (Å²) in [4.78, 5) is 0. The second kappa shape index (κ2) is 8.79. The SMILES string of the molecule is C=CCSSSCCC. The lowest BCUT2D eigenvalue weighted by molar-refractivity contribution is 1.11. The Morgan fingerprint density at radius 2 is 2.22 bits per heavy atom. The van der Waals surface area contributed by atoms with Crippen molar-refractivity contribution in [1.82, 2.24) is 0 Å². The van der Waals surface area contributed by atoms with E-state index in [9.17, 15) is 0 Å². The van der Waals surface area contributed by atoms with E-state index < -0.39 is 0 Å². The van der Waals surface area contributed by atoms with E-state index in [2.05, 4.69) is 13.5 Å². The van der Waals surface area contributed by atoms with Crippen LogP contribution in [0, 0.1) is 0 Å². The lowest BCUT2D eigenvalue weighted by Crippen LogP contribution is -1.65. The zero-order chi connectivity index (χ0) is 6.95. The van der Waals surface area contributed by atoms with E-state index in [1.165, 1.54) is 12.2 Å². The van der Waals surface area contributed by atoms with Gasteiger partial charge < -0.3 is 0 Å². The van der Waals surface area contributed by atoms with Gasteiger partial charge in [0, 0.05) is 11.5 Å². The second-order valence-electron chi connectivity index (χ2n) is 1.46. The maximum absolute atomic E-state index is 3.64. The van der Waals surface area contributed by atoms with Gasteiger partial charge in [-0.15, -0.1) is 6.58 Å². The zero-order valence-corrected chi connectivity index (χ0v) is 8.08. The molecule has 0 aromatic carbocycles. The van der Waals surface area contributed by atoms with Gasteiger partial charge in [0.05, 0.1) is 0 Å². The molecule has 0 aliphatic carbocycles. The molecule has 0 atom stereocenters. The molecule has 0 bridgehead atoms. The van der Waals surface area contributed by atoms with Crippen molar-refractivity contribution >= 4 is 31.4 Å². The quantitative estimate of drug-likeness (QED) is 0.348. The molecule has 0 fully saturated rings. The standard InChI is InChI=1S/C6H12S3/c1-3-5-7-9-8-6-4-2/h3H,1,4-6H2,2H3. The molecule has 0 unspecified atom stereocenters. The summed E-state index contributed by atoms with van der Waals surface area (Å²) in [6, 6.07) is 0. The van der Waals surface area contributed by atoms with Gasteiger partial charge in [-0.05, 0) is 16.2 Å². The van der Waals surface area contributed by atoms with Crippen LogP contribution >= 0.6 is 31.4 Å². The van der Waals surface area contributed by atoms with Gasteiger partial charge in [0.15, 0.2) is 0 Å². The van der Waals surface area contributed by atoms with Gasteiger partial charge in [0.25, 0.3) is 0 Å². The van der Waals surface area contributed by atoms with Crippen LogP contribution in [0.5, 0.6) is 0 Å². The fraction of sp³-hybridized carbons (Fsp3) is 0.667. The monoisotopic (exact) mass is 180 g/mol. The van der Waals surface area contributed by atoms with Crippen molar-refractivity contribution in [1.29, 1.82) is 0 Å². The second-order valence-corrected chi connectivity index (χ2v) is 5.86. The predicted octanol–water partition coefficient (Wildman–Crippen LogP) is 3.61. The van der Waals surface area contributed by atoms with Gasteiger partial charge in [0.1, 0.15) is 0 Å². The molecule has 0 spiro atoms. The Balaban J connectivity index is 2.66. The first-order valence-electron chi connectivity index (χ1n) is 2.93. The van der Waals surface area contributed by atoms with Crippen molar-refractivity contribution in [3.05, 3.63) is 12.7 Å². The molecule has 0 heterocycles. The van der Waals surface area contributed by atoms with Crippen LogP contribution in [0.15, 0.2) is 12.7 Å². The summed E-state index contributed by atoms with van der Waals surface area (Å²) in [6.07, 6.45) is 3.20. The summed E-state index contributed by atoms with van der Waals surface area (Å²) in [6.45, 7) is 5.84. The molecular formula is C6H12S3. The molecule has 9 heavy (non-hydrogen) atoms. The summed E-state index contributed by atoms with van der Waals surface area (Å²) in [5.41, 5.74) is 0. The maximum atomic E-state index is 3.64. The van der Waals surface area contributed by atoms with Crippen molar-refractivity contribution in [2.45, 2.75) is 13.3 Å². The molecule has 3 heteroatoms. The average molecular weight is 180 g/mol. The van der Waals surface area contributed by atoms with Crippen LogP contribution in [0.1, 0.15) is 13.3 Å². The number of hydrogen-bond donors (Lipinski definition) is 0. The molecule has 0 aliphatic heterocycles. The highest BCUT2D eigenvalue weighted by Crippen LogP contribution is 2.34. The fourth-order valence-corrected chi connectivity index (χ4v) is 3.77. The van der Waals surface area contributed by atoms with Crippen molar-refractivity contribution in [3.63, 3.8) is 0 Å². The molecule has 0 amide bonds. The molecule has 0 N–H and O–H groups in total. The molecule has 54 valence electrons. The van der Waals surface area contributed by atoms with Crippen LogP contribution in [0.3, 0.4) is 0 Å². The smallest absolute Gasteiger partial charge is 0.0223 e. The van der Waals surface area contributed by atoms with Crippen LogP contribution in [-0.4, -0.2) is 11.5 Å². The minimum absolute atomic E-state index is 1.06. The summed E-state index contributed by atoms with van der Waals surface area (Å²) in [7, 11) is 5.64. The van der Waals surface area contributed by atoms with Crippen LogP contribution in [0.4, 0.5) is 0 Å². The topological polar surface area (TPSA) is 0 Å². The molecule has 0 rings (SSSR count). The Labute approximate surface area is 69.0 Å². The van der Waals surface area contributed by atoms with E-state index in [4.69, 9.17) is 0 Å². The van der Waals surface area contributed by atoms with Crippen molar-refractivity contribution in [2.24, 2.45) is 0 Å². The van der Waals surface area contributed by atoms with Gasteiger partial charge in [-0.3, -0.25) is 0 Å². The van der Waals surface area contributed by atoms with Crippen molar-refractivity contribution in [3.8, 4) is 0 Å². The highest BCUT2D eigenvalue weighted by molar-refractivity contribution is 9.09. The van der Waals surface area contributed by atoms with Crippen molar-refractivity contribution < 1.29 is 0 Å². The largest absolute Gasteiger partial charge is 0.102 e. The minimum Gasteiger partial charge on any atom is -0.102 e. The minimum atomic E-state index is 1.06. The lowest BCUT2D eigenvalue weighted by Gasteiger charge is -1.93. The highest BCUT2D eigenvalue weighted by Gasteiger charge is 1.85. The van der Waals surface area contributed by atoms with Gasteiger partial charge in [-0.25, -0.2) is 0 Å². The molecule has 0 nitrogen and oxygen atoms in total.